The van der Waals surface area contributed by atoms with Crippen LogP contribution in [0.25, 0.3) is 0 Å². The summed E-state index contributed by atoms with van der Waals surface area (Å²) < 4.78 is 14.6. The number of benzene rings is 2. The van der Waals surface area contributed by atoms with Gasteiger partial charge in [0.25, 0.3) is 0 Å². The quantitative estimate of drug-likeness (QED) is 0.857. The number of aryl methyl sites for hydroxylation is 3. The van der Waals surface area contributed by atoms with Crippen molar-refractivity contribution in [3.8, 4) is 0 Å². The molecule has 0 spiro atoms. The molecule has 3 heteroatoms. The summed E-state index contributed by atoms with van der Waals surface area (Å²) in [6.45, 7) is 5.66. The van der Waals surface area contributed by atoms with Gasteiger partial charge in [0, 0.05) is 4.47 Å². The van der Waals surface area contributed by atoms with Crippen LogP contribution in [0.15, 0.2) is 34.8 Å². The summed E-state index contributed by atoms with van der Waals surface area (Å²) in [5.41, 5.74) is 4.05. The minimum atomic E-state index is -0.805. The molecule has 0 radical (unpaired) electrons. The Labute approximate surface area is 121 Å². The molecule has 1 atom stereocenters. The molecular formula is C16H16BrFO. The first-order valence-corrected chi connectivity index (χ1v) is 6.90. The zero-order chi connectivity index (χ0) is 14.2. The fourth-order valence-electron chi connectivity index (χ4n) is 2.11. The molecule has 0 aliphatic rings. The van der Waals surface area contributed by atoms with Crippen molar-refractivity contribution in [2.24, 2.45) is 0 Å². The van der Waals surface area contributed by atoms with E-state index >= 15 is 0 Å². The van der Waals surface area contributed by atoms with Crippen molar-refractivity contribution in [2.75, 3.05) is 0 Å². The highest BCUT2D eigenvalue weighted by molar-refractivity contribution is 9.10. The van der Waals surface area contributed by atoms with E-state index < -0.39 is 6.10 Å². The molecule has 0 amide bonds. The van der Waals surface area contributed by atoms with Crippen LogP contribution in [0.5, 0.6) is 0 Å². The Hall–Kier alpha value is -1.19. The second-order valence-electron chi connectivity index (χ2n) is 4.88. The fraction of sp³-hybridized carbons (Fsp3) is 0.250. The predicted octanol–water partition coefficient (Wildman–Crippen LogP) is 4.60. The minimum absolute atomic E-state index is 0.290. The Bertz CT molecular complexity index is 599. The number of rotatable bonds is 2. The van der Waals surface area contributed by atoms with Gasteiger partial charge >= 0.3 is 0 Å². The molecule has 0 bridgehead atoms. The smallest absolute Gasteiger partial charge is 0.126 e. The second kappa shape index (κ2) is 5.43. The Balaban J connectivity index is 2.43. The van der Waals surface area contributed by atoms with Crippen LogP contribution in [-0.4, -0.2) is 5.11 Å². The second-order valence-corrected chi connectivity index (χ2v) is 5.67. The average molecular weight is 323 g/mol. The number of aliphatic hydroxyl groups is 1. The summed E-state index contributed by atoms with van der Waals surface area (Å²) >= 11 is 3.50. The summed E-state index contributed by atoms with van der Waals surface area (Å²) in [7, 11) is 0. The van der Waals surface area contributed by atoms with Crippen LogP contribution in [0, 0.1) is 26.6 Å². The van der Waals surface area contributed by atoms with Gasteiger partial charge in [0.2, 0.25) is 0 Å². The molecule has 0 saturated heterocycles. The van der Waals surface area contributed by atoms with Crippen LogP contribution in [0.2, 0.25) is 0 Å². The maximum Gasteiger partial charge on any atom is 0.126 e. The normalized spacial score (nSPS) is 12.5. The van der Waals surface area contributed by atoms with Gasteiger partial charge in [-0.15, -0.1) is 0 Å². The van der Waals surface area contributed by atoms with Gasteiger partial charge in [0.1, 0.15) is 11.9 Å². The third-order valence-electron chi connectivity index (χ3n) is 3.29. The van der Waals surface area contributed by atoms with E-state index in [4.69, 9.17) is 0 Å². The summed E-state index contributed by atoms with van der Waals surface area (Å²) in [6, 6.07) is 8.67. The van der Waals surface area contributed by atoms with Crippen molar-refractivity contribution in [1.82, 2.24) is 0 Å². The van der Waals surface area contributed by atoms with Gasteiger partial charge in [-0.1, -0.05) is 40.2 Å². The molecule has 1 nitrogen and oxygen atoms in total. The van der Waals surface area contributed by atoms with Crippen molar-refractivity contribution in [3.05, 3.63) is 68.4 Å². The molecule has 0 aliphatic carbocycles. The van der Waals surface area contributed by atoms with Crippen LogP contribution in [-0.2, 0) is 0 Å². The summed E-state index contributed by atoms with van der Waals surface area (Å²) in [6.07, 6.45) is -0.805. The van der Waals surface area contributed by atoms with Crippen molar-refractivity contribution in [2.45, 2.75) is 26.9 Å². The number of hydrogen-bond donors (Lipinski definition) is 1. The van der Waals surface area contributed by atoms with E-state index in [1.54, 1.807) is 19.1 Å². The average Bonchev–Trinajstić information content (AvgIpc) is 2.37. The van der Waals surface area contributed by atoms with Crippen molar-refractivity contribution < 1.29 is 9.50 Å². The summed E-state index contributed by atoms with van der Waals surface area (Å²) in [5, 5.41) is 10.4. The fourth-order valence-corrected chi connectivity index (χ4v) is 2.34. The molecule has 2 aromatic carbocycles. The van der Waals surface area contributed by atoms with Crippen molar-refractivity contribution in [1.29, 1.82) is 0 Å². The van der Waals surface area contributed by atoms with E-state index in [0.717, 1.165) is 21.2 Å². The third kappa shape index (κ3) is 2.88. The minimum Gasteiger partial charge on any atom is -0.384 e. The molecule has 0 aromatic heterocycles. The molecular weight excluding hydrogens is 307 g/mol. The maximum atomic E-state index is 13.6. The van der Waals surface area contributed by atoms with Gasteiger partial charge in [-0.25, -0.2) is 4.39 Å². The van der Waals surface area contributed by atoms with Gasteiger partial charge in [-0.2, -0.15) is 0 Å². The highest BCUT2D eigenvalue weighted by Crippen LogP contribution is 2.29. The van der Waals surface area contributed by atoms with Crippen LogP contribution in [0.1, 0.15) is 33.9 Å². The topological polar surface area (TPSA) is 20.2 Å². The van der Waals surface area contributed by atoms with Gasteiger partial charge in [0.15, 0.2) is 0 Å². The van der Waals surface area contributed by atoms with E-state index in [1.807, 2.05) is 26.0 Å². The number of aliphatic hydroxyl groups excluding tert-OH is 1. The monoisotopic (exact) mass is 322 g/mol. The molecule has 2 rings (SSSR count). The molecule has 0 saturated carbocycles. The standard InChI is InChI=1S/C16H16BrFO/c1-9-4-5-12(8-14(9)18)16(19)13-6-10(2)15(17)11(3)7-13/h4-8,16,19H,1-3H3. The number of hydrogen-bond acceptors (Lipinski definition) is 1. The van der Waals surface area contributed by atoms with E-state index in [1.165, 1.54) is 6.07 Å². The molecule has 1 N–H and O–H groups in total. The molecule has 100 valence electrons. The van der Waals surface area contributed by atoms with Crippen LogP contribution < -0.4 is 0 Å². The van der Waals surface area contributed by atoms with E-state index in [9.17, 15) is 9.50 Å². The maximum absolute atomic E-state index is 13.6. The molecule has 0 fully saturated rings. The first-order valence-electron chi connectivity index (χ1n) is 6.11. The third-order valence-corrected chi connectivity index (χ3v) is 4.54. The van der Waals surface area contributed by atoms with E-state index in [2.05, 4.69) is 15.9 Å². The van der Waals surface area contributed by atoms with Gasteiger partial charge in [0.05, 0.1) is 0 Å². The Kier molecular flexibility index (Phi) is 4.07. The SMILES string of the molecule is Cc1ccc(C(O)c2cc(C)c(Br)c(C)c2)cc1F. The lowest BCUT2D eigenvalue weighted by Crippen LogP contribution is -2.02. The molecule has 1 unspecified atom stereocenters. The van der Waals surface area contributed by atoms with Crippen LogP contribution in [0.3, 0.4) is 0 Å². The van der Waals surface area contributed by atoms with Crippen molar-refractivity contribution in [3.63, 3.8) is 0 Å². The van der Waals surface area contributed by atoms with Crippen molar-refractivity contribution >= 4 is 15.9 Å². The molecule has 19 heavy (non-hydrogen) atoms. The highest BCUT2D eigenvalue weighted by atomic mass is 79.9. The zero-order valence-electron chi connectivity index (χ0n) is 11.2. The lowest BCUT2D eigenvalue weighted by Gasteiger charge is -2.15. The zero-order valence-corrected chi connectivity index (χ0v) is 12.8. The largest absolute Gasteiger partial charge is 0.384 e. The Morgan fingerprint density at radius 3 is 2.05 bits per heavy atom. The summed E-state index contributed by atoms with van der Waals surface area (Å²) in [5.74, 6) is -0.290. The Morgan fingerprint density at radius 1 is 0.947 bits per heavy atom. The summed E-state index contributed by atoms with van der Waals surface area (Å²) in [4.78, 5) is 0. The highest BCUT2D eigenvalue weighted by Gasteiger charge is 2.14. The van der Waals surface area contributed by atoms with E-state index in [-0.39, 0.29) is 5.82 Å². The first-order chi connectivity index (χ1) is 8.90. The van der Waals surface area contributed by atoms with Gasteiger partial charge in [-0.05, 0) is 54.7 Å². The molecule has 0 aliphatic heterocycles. The number of halogens is 2. The first kappa shape index (κ1) is 14.2. The van der Waals surface area contributed by atoms with Crippen LogP contribution >= 0.6 is 15.9 Å². The lowest BCUT2D eigenvalue weighted by atomic mass is 9.97. The van der Waals surface area contributed by atoms with Gasteiger partial charge in [-0.3, -0.25) is 0 Å². The lowest BCUT2D eigenvalue weighted by molar-refractivity contribution is 0.219. The Morgan fingerprint density at radius 2 is 1.53 bits per heavy atom. The molecule has 0 heterocycles. The van der Waals surface area contributed by atoms with E-state index in [0.29, 0.717) is 11.1 Å². The van der Waals surface area contributed by atoms with Gasteiger partial charge < -0.3 is 5.11 Å². The predicted molar refractivity (Wildman–Crippen MR) is 78.8 cm³/mol. The van der Waals surface area contributed by atoms with Crippen LogP contribution in [0.4, 0.5) is 4.39 Å². The molecule has 2 aromatic rings.